The summed E-state index contributed by atoms with van der Waals surface area (Å²) >= 11 is 0. The third kappa shape index (κ3) is 3.51. The molecule has 5 heteroatoms. The Bertz CT molecular complexity index is 2600. The van der Waals surface area contributed by atoms with Gasteiger partial charge in [-0.05, 0) is 83.7 Å². The average Bonchev–Trinajstić information content (AvgIpc) is 3.69. The molecule has 4 heterocycles. The number of furan rings is 2. The summed E-state index contributed by atoms with van der Waals surface area (Å²) in [4.78, 5) is 5.06. The van der Waals surface area contributed by atoms with Crippen molar-refractivity contribution in [2.45, 2.75) is 26.2 Å². The van der Waals surface area contributed by atoms with Crippen molar-refractivity contribution >= 4 is 79.4 Å². The molecule has 4 nitrogen and oxygen atoms in total. The largest absolute Gasteiger partial charge is 0.460 e. The smallest absolute Gasteiger partial charge is 0.251 e. The lowest BCUT2D eigenvalue weighted by Gasteiger charge is -2.47. The minimum Gasteiger partial charge on any atom is -0.460 e. The van der Waals surface area contributed by atoms with Crippen molar-refractivity contribution in [2.75, 3.05) is 9.80 Å². The lowest BCUT2D eigenvalue weighted by atomic mass is 9.32. The Kier molecular flexibility index (Phi) is 5.32. The van der Waals surface area contributed by atoms with E-state index in [4.69, 9.17) is 8.83 Å². The van der Waals surface area contributed by atoms with Crippen molar-refractivity contribution in [1.29, 1.82) is 0 Å². The second-order valence-electron chi connectivity index (χ2n) is 13.6. The molecule has 1 atom stereocenters. The summed E-state index contributed by atoms with van der Waals surface area (Å²) in [5.41, 5.74) is 15.6. The Morgan fingerprint density at radius 1 is 0.688 bits per heavy atom. The van der Waals surface area contributed by atoms with Crippen LogP contribution < -0.4 is 20.7 Å². The number of allylic oxidation sites excluding steroid dienone is 4. The van der Waals surface area contributed by atoms with Crippen molar-refractivity contribution < 1.29 is 8.83 Å². The highest BCUT2D eigenvalue weighted by atomic mass is 16.3. The highest BCUT2D eigenvalue weighted by Gasteiger charge is 2.46. The van der Waals surface area contributed by atoms with Crippen molar-refractivity contribution in [2.24, 2.45) is 5.92 Å². The predicted octanol–water partition coefficient (Wildman–Crippen LogP) is 9.92. The third-order valence-corrected chi connectivity index (χ3v) is 10.8. The molecule has 0 N–H and O–H groups in total. The first kappa shape index (κ1) is 26.4. The van der Waals surface area contributed by atoms with Crippen molar-refractivity contribution in [3.63, 3.8) is 0 Å². The molecule has 5 aromatic carbocycles. The molecule has 0 spiro atoms. The van der Waals surface area contributed by atoms with Gasteiger partial charge in [0.1, 0.15) is 22.5 Å². The van der Waals surface area contributed by atoms with Crippen LogP contribution in [-0.2, 0) is 6.42 Å². The summed E-state index contributed by atoms with van der Waals surface area (Å²) in [6.07, 6.45) is 9.95. The molecule has 48 heavy (non-hydrogen) atoms. The lowest BCUT2D eigenvalue weighted by Crippen LogP contribution is -2.56. The maximum atomic E-state index is 6.55. The number of hydrogen-bond donors (Lipinski definition) is 0. The molecule has 11 rings (SSSR count). The summed E-state index contributed by atoms with van der Waals surface area (Å²) in [6, 6.07) is 39.6. The van der Waals surface area contributed by atoms with E-state index in [9.17, 15) is 0 Å². The number of para-hydroxylation sites is 3. The number of anilines is 4. The molecule has 228 valence electrons. The standard InChI is InChI=1S/C43H31BN2O2/c1-26-20-22-29-41(24-26)48-40-19-9-15-35(42(29)40)46-34-14-6-4-12-32(34)44-31-11-3-5-13-33(31)45(36-16-8-17-37(46)43(36)44)27-21-23-39-30(25-27)28-10-2-7-18-38(28)47-39/h2-7,9-16,18-23,25-26H,8,17,24H2,1H3. The van der Waals surface area contributed by atoms with Crippen LogP contribution in [0.5, 0.6) is 0 Å². The van der Waals surface area contributed by atoms with Gasteiger partial charge in [-0.15, -0.1) is 0 Å². The van der Waals surface area contributed by atoms with Gasteiger partial charge in [-0.25, -0.2) is 0 Å². The Labute approximate surface area is 279 Å². The van der Waals surface area contributed by atoms with Gasteiger partial charge in [0, 0.05) is 51.2 Å². The van der Waals surface area contributed by atoms with Crippen LogP contribution in [-0.4, -0.2) is 6.71 Å². The van der Waals surface area contributed by atoms with Gasteiger partial charge in [0.25, 0.3) is 6.71 Å². The van der Waals surface area contributed by atoms with E-state index < -0.39 is 0 Å². The van der Waals surface area contributed by atoms with Gasteiger partial charge in [0.2, 0.25) is 0 Å². The van der Waals surface area contributed by atoms with Gasteiger partial charge in [-0.3, -0.25) is 0 Å². The minimum atomic E-state index is 0.142. The molecule has 2 aliphatic carbocycles. The summed E-state index contributed by atoms with van der Waals surface area (Å²) in [6.45, 7) is 2.40. The van der Waals surface area contributed by atoms with Crippen LogP contribution in [0.1, 0.15) is 31.1 Å². The zero-order valence-corrected chi connectivity index (χ0v) is 26.6. The second-order valence-corrected chi connectivity index (χ2v) is 13.6. The molecule has 7 aromatic rings. The molecule has 2 aliphatic heterocycles. The predicted molar refractivity (Wildman–Crippen MR) is 198 cm³/mol. The van der Waals surface area contributed by atoms with Crippen LogP contribution in [0.25, 0.3) is 39.0 Å². The first-order valence-corrected chi connectivity index (χ1v) is 17.1. The SMILES string of the molecule is CC1C=Cc2c(oc3cccc(N4C5=C6B(c7ccccc7N(c7ccc8oc9ccccc9c8c7)C6=CCC5)c5ccccc54)c23)C1. The van der Waals surface area contributed by atoms with Crippen LogP contribution >= 0.6 is 0 Å². The maximum absolute atomic E-state index is 6.55. The molecule has 4 aliphatic rings. The highest BCUT2D eigenvalue weighted by Crippen LogP contribution is 2.50. The molecule has 2 aromatic heterocycles. The lowest BCUT2D eigenvalue weighted by molar-refractivity contribution is 0.513. The van der Waals surface area contributed by atoms with Crippen molar-refractivity contribution in [3.8, 4) is 0 Å². The summed E-state index contributed by atoms with van der Waals surface area (Å²) in [5.74, 6) is 1.57. The number of hydrogen-bond acceptors (Lipinski definition) is 4. The van der Waals surface area contributed by atoms with Gasteiger partial charge in [-0.1, -0.05) is 85.8 Å². The van der Waals surface area contributed by atoms with Crippen molar-refractivity contribution in [3.05, 3.63) is 150 Å². The van der Waals surface area contributed by atoms with Gasteiger partial charge in [-0.2, -0.15) is 0 Å². The molecule has 0 saturated heterocycles. The zero-order chi connectivity index (χ0) is 31.5. The van der Waals surface area contributed by atoms with Crippen LogP contribution in [0.3, 0.4) is 0 Å². The average molecular weight is 619 g/mol. The molecule has 0 radical (unpaired) electrons. The van der Waals surface area contributed by atoms with E-state index in [0.29, 0.717) is 5.92 Å². The van der Waals surface area contributed by atoms with Crippen LogP contribution in [0.15, 0.2) is 147 Å². The monoisotopic (exact) mass is 618 g/mol. The topological polar surface area (TPSA) is 32.8 Å². The minimum absolute atomic E-state index is 0.142. The number of fused-ring (bicyclic) bond motifs is 10. The van der Waals surface area contributed by atoms with Crippen LogP contribution in [0, 0.1) is 5.92 Å². The van der Waals surface area contributed by atoms with E-state index in [0.717, 1.165) is 58.2 Å². The Morgan fingerprint density at radius 3 is 2.29 bits per heavy atom. The summed E-state index contributed by atoms with van der Waals surface area (Å²) < 4.78 is 12.8. The zero-order valence-electron chi connectivity index (χ0n) is 26.6. The number of rotatable bonds is 2. The number of nitrogens with zero attached hydrogens (tertiary/aromatic N) is 2. The van der Waals surface area contributed by atoms with E-state index in [1.165, 1.54) is 55.8 Å². The van der Waals surface area contributed by atoms with E-state index in [-0.39, 0.29) is 6.71 Å². The third-order valence-electron chi connectivity index (χ3n) is 10.8. The highest BCUT2D eigenvalue weighted by molar-refractivity contribution is 6.94. The Balaban J connectivity index is 1.18. The van der Waals surface area contributed by atoms with Gasteiger partial charge >= 0.3 is 0 Å². The van der Waals surface area contributed by atoms with E-state index in [1.807, 2.05) is 6.07 Å². The fraction of sp³-hybridized carbons (Fsp3) is 0.116. The summed E-state index contributed by atoms with van der Waals surface area (Å²) in [7, 11) is 0. The molecule has 0 fully saturated rings. The Hall–Kier alpha value is -5.68. The van der Waals surface area contributed by atoms with Gasteiger partial charge in [0.05, 0.1) is 11.1 Å². The quantitative estimate of drug-likeness (QED) is 0.181. The molecule has 0 bridgehead atoms. The molecular formula is C43H31BN2O2. The van der Waals surface area contributed by atoms with Gasteiger partial charge in [0.15, 0.2) is 0 Å². The number of benzene rings is 5. The molecule has 0 amide bonds. The summed E-state index contributed by atoms with van der Waals surface area (Å²) in [5, 5.41) is 3.49. The Morgan fingerprint density at radius 2 is 1.42 bits per heavy atom. The fourth-order valence-corrected chi connectivity index (χ4v) is 8.86. The fourth-order valence-electron chi connectivity index (χ4n) is 8.86. The van der Waals surface area contributed by atoms with E-state index in [2.05, 4.69) is 138 Å². The molecule has 0 saturated carbocycles. The van der Waals surface area contributed by atoms with Crippen LogP contribution in [0.4, 0.5) is 22.7 Å². The van der Waals surface area contributed by atoms with Crippen LogP contribution in [0.2, 0.25) is 0 Å². The molecule has 1 unspecified atom stereocenters. The molecular weight excluding hydrogens is 587 g/mol. The first-order valence-electron chi connectivity index (χ1n) is 17.1. The van der Waals surface area contributed by atoms with Crippen molar-refractivity contribution in [1.82, 2.24) is 0 Å². The normalized spacial score (nSPS) is 17.9. The van der Waals surface area contributed by atoms with E-state index in [1.54, 1.807) is 0 Å². The van der Waals surface area contributed by atoms with E-state index >= 15 is 0 Å². The second kappa shape index (κ2) is 9.68. The maximum Gasteiger partial charge on any atom is 0.251 e. The first-order chi connectivity index (χ1) is 23.7. The van der Waals surface area contributed by atoms with Gasteiger partial charge < -0.3 is 18.6 Å².